The van der Waals surface area contributed by atoms with Crippen LogP contribution in [0.1, 0.15) is 12.5 Å². The minimum atomic E-state index is 1.07. The molecule has 312 valence electrons. The topological polar surface area (TPSA) is 13.1 Å². The molecule has 0 amide bonds. The molecule has 3 heteroatoms. The van der Waals surface area contributed by atoms with Crippen LogP contribution in [0.2, 0.25) is 0 Å². The Bertz CT molecular complexity index is 3530. The Morgan fingerprint density at radius 2 is 0.636 bits per heavy atom. The number of anilines is 3. The lowest BCUT2D eigenvalue weighted by atomic mass is 10.00. The first-order chi connectivity index (χ1) is 32.6. The van der Waals surface area contributed by atoms with E-state index in [4.69, 9.17) is 0 Å². The molecule has 0 bridgehead atoms. The van der Waals surface area contributed by atoms with Crippen molar-refractivity contribution in [3.63, 3.8) is 0 Å². The number of nitrogens with zero attached hydrogens (tertiary/aromatic N) is 3. The van der Waals surface area contributed by atoms with Crippen LogP contribution < -0.4 is 4.90 Å². The first-order valence-electron chi connectivity index (χ1n) is 22.6. The van der Waals surface area contributed by atoms with Crippen LogP contribution in [0.4, 0.5) is 17.1 Å². The normalized spacial score (nSPS) is 11.5. The number of para-hydroxylation sites is 4. The van der Waals surface area contributed by atoms with Gasteiger partial charge in [-0.15, -0.1) is 0 Å². The molecule has 12 rings (SSSR count). The molecule has 3 nitrogen and oxygen atoms in total. The highest BCUT2D eigenvalue weighted by Crippen LogP contribution is 2.41. The van der Waals surface area contributed by atoms with E-state index in [1.54, 1.807) is 0 Å². The summed E-state index contributed by atoms with van der Waals surface area (Å²) in [5, 5.41) is 4.98. The van der Waals surface area contributed by atoms with E-state index >= 15 is 0 Å². The zero-order chi connectivity index (χ0) is 44.1. The third kappa shape index (κ3) is 6.77. The number of hydrogen-bond donors (Lipinski definition) is 0. The number of aromatic nitrogens is 2. The maximum Gasteiger partial charge on any atom is 0.0541 e. The summed E-state index contributed by atoms with van der Waals surface area (Å²) >= 11 is 0. The molecule has 0 aliphatic heterocycles. The van der Waals surface area contributed by atoms with Gasteiger partial charge < -0.3 is 14.0 Å². The molecule has 2 heterocycles. The maximum absolute atomic E-state index is 4.12. The second-order valence-electron chi connectivity index (χ2n) is 17.2. The van der Waals surface area contributed by atoms with Crippen LogP contribution in [0.5, 0.6) is 0 Å². The number of hydrogen-bond acceptors (Lipinski definition) is 1. The van der Waals surface area contributed by atoms with Gasteiger partial charge in [-0.2, -0.15) is 0 Å². The number of rotatable bonds is 9. The molecule has 2 aromatic heterocycles. The van der Waals surface area contributed by atoms with E-state index in [1.165, 1.54) is 77.0 Å². The van der Waals surface area contributed by atoms with Crippen LogP contribution in [0.25, 0.3) is 93.9 Å². The van der Waals surface area contributed by atoms with Crippen LogP contribution in [0, 0.1) is 0 Å². The Kier molecular flexibility index (Phi) is 9.54. The predicted molar refractivity (Wildman–Crippen MR) is 281 cm³/mol. The Labute approximate surface area is 385 Å². The molecule has 0 aliphatic carbocycles. The Balaban J connectivity index is 0.917. The van der Waals surface area contributed by atoms with Crippen molar-refractivity contribution in [3.8, 4) is 44.8 Å². The second kappa shape index (κ2) is 16.2. The minimum absolute atomic E-state index is 1.07. The molecule has 0 aliphatic rings. The Hall–Kier alpha value is -8.66. The van der Waals surface area contributed by atoms with Crippen molar-refractivity contribution in [1.82, 2.24) is 9.13 Å². The summed E-state index contributed by atoms with van der Waals surface area (Å²) in [6.07, 6.45) is 0. The van der Waals surface area contributed by atoms with Crippen LogP contribution in [0.3, 0.4) is 0 Å². The fraction of sp³-hybridized carbons (Fsp3) is 0.0159. The average Bonchev–Trinajstić information content (AvgIpc) is 3.90. The molecule has 0 radical (unpaired) electrons. The molecular weight excluding hydrogens is 799 g/mol. The summed E-state index contributed by atoms with van der Waals surface area (Å²) in [6.45, 7) is 6.17. The van der Waals surface area contributed by atoms with Gasteiger partial charge in [0, 0.05) is 50.0 Å². The average molecular weight is 844 g/mol. The van der Waals surface area contributed by atoms with Gasteiger partial charge in [0.2, 0.25) is 0 Å². The largest absolute Gasteiger partial charge is 0.311 e. The molecule has 0 fully saturated rings. The van der Waals surface area contributed by atoms with E-state index in [0.29, 0.717) is 0 Å². The zero-order valence-corrected chi connectivity index (χ0v) is 36.6. The molecule has 0 N–H and O–H groups in total. The lowest BCUT2D eigenvalue weighted by molar-refractivity contribution is 1.18. The van der Waals surface area contributed by atoms with Crippen molar-refractivity contribution in [1.29, 1.82) is 0 Å². The molecule has 12 aromatic rings. The van der Waals surface area contributed by atoms with Crippen molar-refractivity contribution in [2.75, 3.05) is 4.90 Å². The van der Waals surface area contributed by atoms with Gasteiger partial charge in [0.1, 0.15) is 0 Å². The SMILES string of the molecule is C=C(C)c1ccc(-c2ccc(N(c3ccc(-c4ccc5c(c4)c4ccccc4n5-c4ccccc4)cc3)c3ccc(-c4ccc5c(c4)c4ccccc4n5-c4ccccc4)cc3)cc2)cc1. The van der Waals surface area contributed by atoms with Gasteiger partial charge in [0.25, 0.3) is 0 Å². The molecule has 0 spiro atoms. The highest BCUT2D eigenvalue weighted by atomic mass is 15.1. The molecule has 0 saturated carbocycles. The van der Waals surface area contributed by atoms with E-state index in [1.807, 2.05) is 6.92 Å². The van der Waals surface area contributed by atoms with Crippen molar-refractivity contribution in [2.24, 2.45) is 0 Å². The van der Waals surface area contributed by atoms with Crippen molar-refractivity contribution in [3.05, 3.63) is 255 Å². The van der Waals surface area contributed by atoms with E-state index in [-0.39, 0.29) is 0 Å². The summed E-state index contributed by atoms with van der Waals surface area (Å²) in [4.78, 5) is 2.36. The summed E-state index contributed by atoms with van der Waals surface area (Å²) in [5.74, 6) is 0. The predicted octanol–water partition coefficient (Wildman–Crippen LogP) is 17.4. The van der Waals surface area contributed by atoms with E-state index in [0.717, 1.165) is 39.6 Å². The number of fused-ring (bicyclic) bond motifs is 6. The number of allylic oxidation sites excluding steroid dienone is 1. The molecule has 0 saturated heterocycles. The zero-order valence-electron chi connectivity index (χ0n) is 36.6. The molecule has 0 atom stereocenters. The minimum Gasteiger partial charge on any atom is -0.311 e. The summed E-state index contributed by atoms with van der Waals surface area (Å²) in [7, 11) is 0. The fourth-order valence-corrected chi connectivity index (χ4v) is 9.82. The van der Waals surface area contributed by atoms with E-state index < -0.39 is 0 Å². The lowest BCUT2D eigenvalue weighted by Gasteiger charge is -2.26. The molecule has 66 heavy (non-hydrogen) atoms. The highest BCUT2D eigenvalue weighted by molar-refractivity contribution is 6.11. The van der Waals surface area contributed by atoms with Crippen LogP contribution >= 0.6 is 0 Å². The third-order valence-corrected chi connectivity index (χ3v) is 13.1. The lowest BCUT2D eigenvalue weighted by Crippen LogP contribution is -2.09. The number of benzene rings is 10. The van der Waals surface area contributed by atoms with E-state index in [2.05, 4.69) is 263 Å². The van der Waals surface area contributed by atoms with Gasteiger partial charge in [-0.05, 0) is 143 Å². The van der Waals surface area contributed by atoms with Crippen LogP contribution in [-0.2, 0) is 0 Å². The second-order valence-corrected chi connectivity index (χ2v) is 17.2. The Morgan fingerprint density at radius 3 is 1.03 bits per heavy atom. The van der Waals surface area contributed by atoms with Gasteiger partial charge in [0.15, 0.2) is 0 Å². The first-order valence-corrected chi connectivity index (χ1v) is 22.6. The monoisotopic (exact) mass is 843 g/mol. The molecular formula is C63H45N3. The third-order valence-electron chi connectivity index (χ3n) is 13.1. The highest BCUT2D eigenvalue weighted by Gasteiger charge is 2.17. The van der Waals surface area contributed by atoms with Crippen molar-refractivity contribution >= 4 is 66.2 Å². The Morgan fingerprint density at radius 1 is 0.318 bits per heavy atom. The van der Waals surface area contributed by atoms with Gasteiger partial charge in [-0.25, -0.2) is 0 Å². The maximum atomic E-state index is 4.12. The quantitative estimate of drug-likeness (QED) is 0.141. The smallest absolute Gasteiger partial charge is 0.0541 e. The van der Waals surface area contributed by atoms with Crippen LogP contribution in [0.15, 0.2) is 249 Å². The van der Waals surface area contributed by atoms with Gasteiger partial charge in [0.05, 0.1) is 22.1 Å². The van der Waals surface area contributed by atoms with Gasteiger partial charge in [-0.1, -0.05) is 158 Å². The van der Waals surface area contributed by atoms with Crippen LogP contribution in [-0.4, -0.2) is 9.13 Å². The first kappa shape index (κ1) is 39.0. The summed E-state index contributed by atoms with van der Waals surface area (Å²) in [6, 6.07) is 88.1. The molecule has 0 unspecified atom stereocenters. The van der Waals surface area contributed by atoms with Crippen molar-refractivity contribution < 1.29 is 0 Å². The summed E-state index contributed by atoms with van der Waals surface area (Å²) in [5.41, 5.74) is 19.7. The summed E-state index contributed by atoms with van der Waals surface area (Å²) < 4.78 is 4.73. The standard InChI is InChI=1S/C63H45N3/c1-43(2)44-21-23-45(24-22-44)46-25-33-53(34-26-46)64(54-35-27-47(28-36-54)49-31-39-62-58(41-49)56-17-9-11-19-60(56)65(62)51-13-5-3-6-14-51)55-37-29-48(30-38-55)50-32-40-63-59(42-50)57-18-10-12-20-61(57)66(63)52-15-7-4-8-16-52/h3-42H,1H2,2H3. The fourth-order valence-electron chi connectivity index (χ4n) is 9.82. The molecule has 10 aromatic carbocycles. The van der Waals surface area contributed by atoms with E-state index in [9.17, 15) is 0 Å². The van der Waals surface area contributed by atoms with Gasteiger partial charge >= 0.3 is 0 Å². The van der Waals surface area contributed by atoms with Gasteiger partial charge in [-0.3, -0.25) is 0 Å². The van der Waals surface area contributed by atoms with Crippen molar-refractivity contribution in [2.45, 2.75) is 6.92 Å².